The van der Waals surface area contributed by atoms with Gasteiger partial charge in [0.1, 0.15) is 0 Å². The van der Waals surface area contributed by atoms with Gasteiger partial charge in [0.25, 0.3) is 5.91 Å². The summed E-state index contributed by atoms with van der Waals surface area (Å²) in [6.45, 7) is 5.62. The number of benzene rings is 1. The van der Waals surface area contributed by atoms with E-state index in [4.69, 9.17) is 5.73 Å². The Hall–Kier alpha value is -2.04. The van der Waals surface area contributed by atoms with Gasteiger partial charge in [-0.2, -0.15) is 0 Å². The number of amides is 1. The molecule has 5 nitrogen and oxygen atoms in total. The third kappa shape index (κ3) is 5.73. The second-order valence-electron chi connectivity index (χ2n) is 5.08. The summed E-state index contributed by atoms with van der Waals surface area (Å²) in [6.07, 6.45) is 0.794. The Morgan fingerprint density at radius 3 is 2.80 bits per heavy atom. The van der Waals surface area contributed by atoms with Crippen molar-refractivity contribution < 1.29 is 4.79 Å². The fourth-order valence-corrected chi connectivity index (χ4v) is 1.68. The molecule has 4 N–H and O–H groups in total. The van der Waals surface area contributed by atoms with Crippen molar-refractivity contribution in [3.8, 4) is 0 Å². The SMILES string of the molecule is CNC(=O)c1cccc(CCNC(N)=NCC(C)C)c1. The molecule has 0 heterocycles. The van der Waals surface area contributed by atoms with Gasteiger partial charge in [-0.15, -0.1) is 0 Å². The van der Waals surface area contributed by atoms with E-state index in [9.17, 15) is 4.79 Å². The van der Waals surface area contributed by atoms with Crippen LogP contribution < -0.4 is 16.4 Å². The van der Waals surface area contributed by atoms with Crippen LogP contribution in [0.2, 0.25) is 0 Å². The van der Waals surface area contributed by atoms with Gasteiger partial charge in [0.2, 0.25) is 0 Å². The van der Waals surface area contributed by atoms with Crippen LogP contribution in [-0.4, -0.2) is 32.0 Å². The lowest BCUT2D eigenvalue weighted by Gasteiger charge is -2.08. The Labute approximate surface area is 120 Å². The Morgan fingerprint density at radius 1 is 1.40 bits per heavy atom. The standard InChI is InChI=1S/C15H24N4O/c1-11(2)10-19-15(16)18-8-7-12-5-4-6-13(9-12)14(20)17-3/h4-6,9,11H,7-8,10H2,1-3H3,(H,17,20)(H3,16,18,19). The van der Waals surface area contributed by atoms with Crippen molar-refractivity contribution in [2.75, 3.05) is 20.1 Å². The predicted molar refractivity (Wildman–Crippen MR) is 82.9 cm³/mol. The van der Waals surface area contributed by atoms with Gasteiger partial charge >= 0.3 is 0 Å². The topological polar surface area (TPSA) is 79.5 Å². The zero-order valence-electron chi connectivity index (χ0n) is 12.4. The maximum absolute atomic E-state index is 11.5. The van der Waals surface area contributed by atoms with Crippen LogP contribution in [0.3, 0.4) is 0 Å². The first kappa shape index (κ1) is 16.0. The molecule has 0 aromatic heterocycles. The third-order valence-electron chi connectivity index (χ3n) is 2.76. The molecule has 20 heavy (non-hydrogen) atoms. The van der Waals surface area contributed by atoms with Gasteiger partial charge in [0.05, 0.1) is 0 Å². The number of hydrogen-bond acceptors (Lipinski definition) is 2. The van der Waals surface area contributed by atoms with E-state index < -0.39 is 0 Å². The molecule has 5 heteroatoms. The highest BCUT2D eigenvalue weighted by Gasteiger charge is 2.03. The van der Waals surface area contributed by atoms with Crippen molar-refractivity contribution in [1.29, 1.82) is 0 Å². The van der Waals surface area contributed by atoms with Gasteiger partial charge in [0, 0.05) is 25.7 Å². The minimum atomic E-state index is -0.0715. The number of carbonyl (C=O) groups is 1. The molecule has 0 saturated heterocycles. The summed E-state index contributed by atoms with van der Waals surface area (Å²) in [5, 5.41) is 5.69. The number of guanidine groups is 1. The number of nitrogens with one attached hydrogen (secondary N) is 2. The molecule has 1 aromatic carbocycles. The quantitative estimate of drug-likeness (QED) is 0.538. The highest BCUT2D eigenvalue weighted by molar-refractivity contribution is 5.94. The van der Waals surface area contributed by atoms with E-state index in [0.717, 1.165) is 18.5 Å². The van der Waals surface area contributed by atoms with Gasteiger partial charge in [-0.05, 0) is 30.0 Å². The summed E-state index contributed by atoms with van der Waals surface area (Å²) in [5.74, 6) is 0.901. The molecular weight excluding hydrogens is 252 g/mol. The first-order valence-corrected chi connectivity index (χ1v) is 6.87. The Morgan fingerprint density at radius 2 is 2.15 bits per heavy atom. The van der Waals surface area contributed by atoms with E-state index in [1.165, 1.54) is 0 Å². The van der Waals surface area contributed by atoms with E-state index in [-0.39, 0.29) is 5.91 Å². The van der Waals surface area contributed by atoms with E-state index in [0.29, 0.717) is 24.0 Å². The maximum Gasteiger partial charge on any atom is 0.251 e. The normalized spacial score (nSPS) is 11.5. The van der Waals surface area contributed by atoms with E-state index in [1.54, 1.807) is 13.1 Å². The summed E-state index contributed by atoms with van der Waals surface area (Å²) in [7, 11) is 1.63. The number of nitrogens with zero attached hydrogens (tertiary/aromatic N) is 1. The number of rotatable bonds is 6. The zero-order valence-corrected chi connectivity index (χ0v) is 12.4. The Bertz CT molecular complexity index is 469. The van der Waals surface area contributed by atoms with Gasteiger partial charge < -0.3 is 16.4 Å². The molecule has 0 aliphatic rings. The number of hydrogen-bond donors (Lipinski definition) is 3. The zero-order chi connectivity index (χ0) is 15.0. The van der Waals surface area contributed by atoms with Crippen molar-refractivity contribution in [2.24, 2.45) is 16.6 Å². The minimum Gasteiger partial charge on any atom is -0.370 e. The average Bonchev–Trinajstić information content (AvgIpc) is 2.44. The molecule has 0 spiro atoms. The summed E-state index contributed by atoms with van der Waals surface area (Å²) in [6, 6.07) is 7.57. The smallest absolute Gasteiger partial charge is 0.251 e. The minimum absolute atomic E-state index is 0.0715. The van der Waals surface area contributed by atoms with Crippen molar-refractivity contribution >= 4 is 11.9 Å². The summed E-state index contributed by atoms with van der Waals surface area (Å²) in [4.78, 5) is 15.8. The fraction of sp³-hybridized carbons (Fsp3) is 0.467. The van der Waals surface area contributed by atoms with E-state index >= 15 is 0 Å². The van der Waals surface area contributed by atoms with Crippen molar-refractivity contribution in [3.63, 3.8) is 0 Å². The number of nitrogens with two attached hydrogens (primary N) is 1. The molecule has 0 aliphatic heterocycles. The maximum atomic E-state index is 11.5. The molecule has 110 valence electrons. The second-order valence-corrected chi connectivity index (χ2v) is 5.08. The first-order chi connectivity index (χ1) is 9.52. The van der Waals surface area contributed by atoms with E-state index in [2.05, 4.69) is 29.5 Å². The highest BCUT2D eigenvalue weighted by Crippen LogP contribution is 2.05. The van der Waals surface area contributed by atoms with Crippen LogP contribution in [0.1, 0.15) is 29.8 Å². The van der Waals surface area contributed by atoms with Gasteiger partial charge in [0.15, 0.2) is 5.96 Å². The molecule has 1 amide bonds. The molecule has 0 unspecified atom stereocenters. The van der Waals surface area contributed by atoms with Crippen LogP contribution >= 0.6 is 0 Å². The van der Waals surface area contributed by atoms with Crippen molar-refractivity contribution in [2.45, 2.75) is 20.3 Å². The van der Waals surface area contributed by atoms with Crippen LogP contribution in [0.15, 0.2) is 29.3 Å². The highest BCUT2D eigenvalue weighted by atomic mass is 16.1. The summed E-state index contributed by atoms with van der Waals surface area (Å²) in [5.41, 5.74) is 7.53. The molecule has 0 saturated carbocycles. The van der Waals surface area contributed by atoms with Gasteiger partial charge in [-0.3, -0.25) is 9.79 Å². The van der Waals surface area contributed by atoms with Crippen LogP contribution in [0.25, 0.3) is 0 Å². The molecule has 1 rings (SSSR count). The lowest BCUT2D eigenvalue weighted by atomic mass is 10.1. The van der Waals surface area contributed by atoms with Crippen molar-refractivity contribution in [3.05, 3.63) is 35.4 Å². The van der Waals surface area contributed by atoms with Gasteiger partial charge in [-0.25, -0.2) is 0 Å². The predicted octanol–water partition coefficient (Wildman–Crippen LogP) is 1.15. The number of carbonyl (C=O) groups excluding carboxylic acids is 1. The van der Waals surface area contributed by atoms with Crippen LogP contribution in [0.4, 0.5) is 0 Å². The average molecular weight is 276 g/mol. The Kier molecular flexibility index (Phi) is 6.56. The molecule has 0 fully saturated rings. The monoisotopic (exact) mass is 276 g/mol. The summed E-state index contributed by atoms with van der Waals surface area (Å²) < 4.78 is 0. The van der Waals surface area contributed by atoms with Gasteiger partial charge in [-0.1, -0.05) is 26.0 Å². The second kappa shape index (κ2) is 8.19. The van der Waals surface area contributed by atoms with Crippen molar-refractivity contribution in [1.82, 2.24) is 10.6 Å². The molecule has 0 radical (unpaired) electrons. The number of aliphatic imine (C=N–C) groups is 1. The fourth-order valence-electron chi connectivity index (χ4n) is 1.68. The van der Waals surface area contributed by atoms with Crippen LogP contribution in [-0.2, 0) is 6.42 Å². The lowest BCUT2D eigenvalue weighted by Crippen LogP contribution is -2.33. The molecule has 0 bridgehead atoms. The molecule has 0 atom stereocenters. The third-order valence-corrected chi connectivity index (χ3v) is 2.76. The lowest BCUT2D eigenvalue weighted by molar-refractivity contribution is 0.0963. The largest absolute Gasteiger partial charge is 0.370 e. The first-order valence-electron chi connectivity index (χ1n) is 6.87. The summed E-state index contributed by atoms with van der Waals surface area (Å²) >= 11 is 0. The molecule has 0 aliphatic carbocycles. The van der Waals surface area contributed by atoms with Crippen LogP contribution in [0, 0.1) is 5.92 Å². The van der Waals surface area contributed by atoms with Crippen LogP contribution in [0.5, 0.6) is 0 Å². The van der Waals surface area contributed by atoms with E-state index in [1.807, 2.05) is 18.2 Å². The molecular formula is C15H24N4O. The molecule has 1 aromatic rings. The Balaban J connectivity index is 2.46.